The molecule has 0 fully saturated rings. The average Bonchev–Trinajstić information content (AvgIpc) is 3.22. The van der Waals surface area contributed by atoms with Gasteiger partial charge in [0.1, 0.15) is 6.54 Å². The number of hydrogen-bond acceptors (Lipinski definition) is 3. The van der Waals surface area contributed by atoms with Gasteiger partial charge in [-0.2, -0.15) is 0 Å². The van der Waals surface area contributed by atoms with Gasteiger partial charge in [0.25, 0.3) is 0 Å². The number of ether oxygens (including phenoxy) is 1. The van der Waals surface area contributed by atoms with Crippen molar-refractivity contribution in [3.8, 4) is 0 Å². The first kappa shape index (κ1) is 29.3. The molecule has 2 aromatic heterocycles. The van der Waals surface area contributed by atoms with Gasteiger partial charge in [0, 0.05) is 53.4 Å². The number of quaternary nitrogens is 1. The lowest BCUT2D eigenvalue weighted by molar-refractivity contribution is -0.940. The van der Waals surface area contributed by atoms with E-state index in [0.29, 0.717) is 13.2 Å². The van der Waals surface area contributed by atoms with Gasteiger partial charge in [-0.05, 0) is 50.5 Å². The number of pyridine rings is 1. The van der Waals surface area contributed by atoms with Crippen LogP contribution in [0.15, 0.2) is 36.5 Å². The van der Waals surface area contributed by atoms with Crippen LogP contribution in [0.4, 0.5) is 0 Å². The highest BCUT2D eigenvalue weighted by molar-refractivity contribution is 5.86. The summed E-state index contributed by atoms with van der Waals surface area (Å²) in [5.74, 6) is -0.0342. The van der Waals surface area contributed by atoms with Crippen molar-refractivity contribution in [1.29, 1.82) is 0 Å². The van der Waals surface area contributed by atoms with Crippen molar-refractivity contribution in [2.24, 2.45) is 0 Å². The van der Waals surface area contributed by atoms with Crippen LogP contribution in [0.2, 0.25) is 0 Å². The predicted molar refractivity (Wildman–Crippen MR) is 161 cm³/mol. The van der Waals surface area contributed by atoms with Crippen molar-refractivity contribution in [2.45, 2.75) is 111 Å². The first-order valence-electron chi connectivity index (χ1n) is 15.4. The van der Waals surface area contributed by atoms with Gasteiger partial charge in [-0.15, -0.1) is 0 Å². The molecule has 1 atom stereocenters. The van der Waals surface area contributed by atoms with E-state index in [1.54, 1.807) is 0 Å². The van der Waals surface area contributed by atoms with Crippen LogP contribution in [0, 0.1) is 13.8 Å². The zero-order chi connectivity index (χ0) is 27.7. The summed E-state index contributed by atoms with van der Waals surface area (Å²) in [7, 11) is 2.24. The van der Waals surface area contributed by atoms with E-state index in [1.165, 1.54) is 78.2 Å². The van der Waals surface area contributed by atoms with Gasteiger partial charge in [-0.25, -0.2) is 0 Å². The van der Waals surface area contributed by atoms with Crippen LogP contribution in [0.25, 0.3) is 10.9 Å². The molecule has 5 heteroatoms. The summed E-state index contributed by atoms with van der Waals surface area (Å²) in [6, 6.07) is 11.1. The van der Waals surface area contributed by atoms with Crippen molar-refractivity contribution >= 4 is 16.9 Å². The molecule has 5 nitrogen and oxygen atoms in total. The Labute approximate surface area is 236 Å². The maximum atomic E-state index is 12.5. The summed E-state index contributed by atoms with van der Waals surface area (Å²) in [4.78, 5) is 17.0. The van der Waals surface area contributed by atoms with Crippen molar-refractivity contribution in [3.63, 3.8) is 0 Å². The summed E-state index contributed by atoms with van der Waals surface area (Å²) in [5.41, 5.74) is 7.83. The van der Waals surface area contributed by atoms with Crippen LogP contribution in [0.5, 0.6) is 0 Å². The fourth-order valence-electron chi connectivity index (χ4n) is 6.02. The molecule has 4 rings (SSSR count). The third kappa shape index (κ3) is 8.17. The average molecular weight is 533 g/mol. The highest BCUT2D eigenvalue weighted by Crippen LogP contribution is 2.34. The minimum Gasteiger partial charge on any atom is -0.415 e. The second-order valence-electron chi connectivity index (χ2n) is 12.1. The van der Waals surface area contributed by atoms with Crippen LogP contribution in [0.3, 0.4) is 0 Å². The smallest absolute Gasteiger partial charge is 0.310 e. The second kappa shape index (κ2) is 14.1. The SMILES string of the molecule is CCCCCCCCCCCC(=O)OC[N+]1(C)CCc2c(c3cc(C)ccc3n2CCc2ccc(C)nc2)C1. The number of carbonyl (C=O) groups excluding carboxylic acids is 1. The standard InChI is InChI=1S/C34H50N3O2/c1-5-6-7-8-9-10-11-12-13-14-34(38)39-26-37(4)22-20-33-31(25-37)30-23-27(2)15-18-32(30)36(33)21-19-29-17-16-28(3)35-24-29/h15-18,23-24H,5-14,19-22,25-26H2,1-4H3/q+1. The Bertz CT molecular complexity index is 1210. The predicted octanol–water partition coefficient (Wildman–Crippen LogP) is 7.82. The topological polar surface area (TPSA) is 44.1 Å². The molecule has 0 radical (unpaired) electrons. The maximum absolute atomic E-state index is 12.5. The first-order valence-corrected chi connectivity index (χ1v) is 15.4. The molecule has 212 valence electrons. The van der Waals surface area contributed by atoms with Crippen molar-refractivity contribution in [2.75, 3.05) is 20.3 Å². The van der Waals surface area contributed by atoms with Gasteiger partial charge in [0.2, 0.25) is 6.73 Å². The summed E-state index contributed by atoms with van der Waals surface area (Å²) in [5, 5.41) is 1.36. The molecule has 0 aliphatic carbocycles. The molecule has 1 unspecified atom stereocenters. The number of fused-ring (bicyclic) bond motifs is 3. The van der Waals surface area contributed by atoms with E-state index in [9.17, 15) is 4.79 Å². The molecule has 0 amide bonds. The van der Waals surface area contributed by atoms with Gasteiger partial charge in [-0.1, -0.05) is 76.0 Å². The van der Waals surface area contributed by atoms with E-state index < -0.39 is 0 Å². The first-order chi connectivity index (χ1) is 18.9. The Balaban J connectivity index is 1.31. The van der Waals surface area contributed by atoms with Crippen molar-refractivity contribution in [1.82, 2.24) is 9.55 Å². The van der Waals surface area contributed by atoms with E-state index in [1.807, 2.05) is 13.1 Å². The molecule has 1 aliphatic heterocycles. The van der Waals surface area contributed by atoms with Crippen LogP contribution < -0.4 is 0 Å². The monoisotopic (exact) mass is 532 g/mol. The molecule has 0 N–H and O–H groups in total. The minimum atomic E-state index is -0.0342. The van der Waals surface area contributed by atoms with Crippen LogP contribution in [-0.2, 0) is 35.5 Å². The Hall–Kier alpha value is -2.66. The highest BCUT2D eigenvalue weighted by Gasteiger charge is 2.34. The lowest BCUT2D eigenvalue weighted by Crippen LogP contribution is -2.49. The fraction of sp³-hybridized carbons (Fsp3) is 0.588. The Kier molecular flexibility index (Phi) is 10.6. The van der Waals surface area contributed by atoms with Gasteiger partial charge in [0.15, 0.2) is 0 Å². The fourth-order valence-corrected chi connectivity index (χ4v) is 6.02. The van der Waals surface area contributed by atoms with Gasteiger partial charge in [0.05, 0.1) is 13.6 Å². The van der Waals surface area contributed by atoms with E-state index in [-0.39, 0.29) is 5.97 Å². The number of esters is 1. The largest absolute Gasteiger partial charge is 0.415 e. The molecule has 3 heterocycles. The van der Waals surface area contributed by atoms with E-state index in [2.05, 4.69) is 60.8 Å². The van der Waals surface area contributed by atoms with Gasteiger partial charge >= 0.3 is 5.97 Å². The molecular weight excluding hydrogens is 482 g/mol. The number of hydrogen-bond donors (Lipinski definition) is 0. The van der Waals surface area contributed by atoms with E-state index in [0.717, 1.165) is 55.5 Å². The number of carbonyl (C=O) groups is 1. The molecule has 39 heavy (non-hydrogen) atoms. The quantitative estimate of drug-likeness (QED) is 0.114. The number of likely N-dealkylation sites (N-methyl/N-ethyl adjacent to an activating group) is 1. The summed E-state index contributed by atoms with van der Waals surface area (Å²) in [6.07, 6.45) is 15.9. The molecule has 1 aromatic carbocycles. The molecule has 0 saturated heterocycles. The van der Waals surface area contributed by atoms with Gasteiger partial charge < -0.3 is 9.30 Å². The van der Waals surface area contributed by atoms with E-state index in [4.69, 9.17) is 4.74 Å². The Morgan fingerprint density at radius 1 is 1.00 bits per heavy atom. The molecular formula is C34H50N3O2+. The van der Waals surface area contributed by atoms with E-state index >= 15 is 0 Å². The number of aromatic nitrogens is 2. The van der Waals surface area contributed by atoms with Crippen LogP contribution in [0.1, 0.15) is 99.2 Å². The van der Waals surface area contributed by atoms with Crippen LogP contribution >= 0.6 is 0 Å². The molecule has 0 saturated carbocycles. The summed E-state index contributed by atoms with van der Waals surface area (Å²) >= 11 is 0. The summed E-state index contributed by atoms with van der Waals surface area (Å²) < 4.78 is 9.14. The number of rotatable bonds is 15. The minimum absolute atomic E-state index is 0.0342. The van der Waals surface area contributed by atoms with Crippen LogP contribution in [-0.4, -0.2) is 40.3 Å². The van der Waals surface area contributed by atoms with Crippen molar-refractivity contribution < 1.29 is 14.0 Å². The molecule has 1 aliphatic rings. The summed E-state index contributed by atoms with van der Waals surface area (Å²) in [6.45, 7) is 9.77. The maximum Gasteiger partial charge on any atom is 0.310 e. The lowest BCUT2D eigenvalue weighted by atomic mass is 10.0. The van der Waals surface area contributed by atoms with Gasteiger partial charge in [-0.3, -0.25) is 14.3 Å². The number of aryl methyl sites for hydroxylation is 4. The third-order valence-electron chi connectivity index (χ3n) is 8.49. The molecule has 3 aromatic rings. The zero-order valence-electron chi connectivity index (χ0n) is 24.9. The number of unbranched alkanes of at least 4 members (excludes halogenated alkanes) is 8. The zero-order valence-corrected chi connectivity index (χ0v) is 24.9. The third-order valence-corrected chi connectivity index (χ3v) is 8.49. The highest BCUT2D eigenvalue weighted by atomic mass is 16.5. The normalized spacial score (nSPS) is 16.9. The number of nitrogens with zero attached hydrogens (tertiary/aromatic N) is 3. The van der Waals surface area contributed by atoms with Crippen molar-refractivity contribution in [3.05, 3.63) is 64.6 Å². The second-order valence-corrected chi connectivity index (χ2v) is 12.1. The Morgan fingerprint density at radius 3 is 2.46 bits per heavy atom. The molecule has 0 bridgehead atoms. The number of benzene rings is 1. The lowest BCUT2D eigenvalue weighted by Gasteiger charge is -2.37. The molecule has 0 spiro atoms. The Morgan fingerprint density at radius 2 is 1.74 bits per heavy atom.